The number of benzene rings is 2. The minimum absolute atomic E-state index is 0.208. The van der Waals surface area contributed by atoms with Gasteiger partial charge in [0.2, 0.25) is 0 Å². The van der Waals surface area contributed by atoms with Crippen LogP contribution in [-0.4, -0.2) is 17.7 Å². The molecular formula is C25H25N3O. The first kappa shape index (κ1) is 18.0. The zero-order valence-electron chi connectivity index (χ0n) is 16.8. The predicted molar refractivity (Wildman–Crippen MR) is 117 cm³/mol. The quantitative estimate of drug-likeness (QED) is 0.660. The van der Waals surface area contributed by atoms with Crippen molar-refractivity contribution in [1.82, 2.24) is 4.57 Å². The van der Waals surface area contributed by atoms with Crippen LogP contribution in [0, 0.1) is 11.3 Å². The minimum Gasteiger partial charge on any atom is -0.370 e. The summed E-state index contributed by atoms with van der Waals surface area (Å²) in [5.74, 6) is 1.33. The number of aromatic nitrogens is 1. The van der Waals surface area contributed by atoms with Crippen LogP contribution in [0.1, 0.15) is 54.2 Å². The Kier molecular flexibility index (Phi) is 4.39. The summed E-state index contributed by atoms with van der Waals surface area (Å²) in [6, 6.07) is 19.2. The van der Waals surface area contributed by atoms with Gasteiger partial charge in [-0.05, 0) is 54.7 Å². The monoisotopic (exact) mass is 383 g/mol. The third-order valence-corrected chi connectivity index (χ3v) is 6.63. The molecule has 0 amide bonds. The largest absolute Gasteiger partial charge is 0.370 e. The molecule has 3 aromatic rings. The number of hydrogen-bond donors (Lipinski definition) is 0. The van der Waals surface area contributed by atoms with Crippen molar-refractivity contribution in [3.8, 4) is 6.07 Å². The Labute approximate surface area is 171 Å². The summed E-state index contributed by atoms with van der Waals surface area (Å²) in [4.78, 5) is 15.0. The van der Waals surface area contributed by atoms with E-state index >= 15 is 0 Å². The van der Waals surface area contributed by atoms with Crippen LogP contribution in [0.25, 0.3) is 10.9 Å². The molecule has 4 heteroatoms. The molecule has 5 rings (SSSR count). The van der Waals surface area contributed by atoms with Gasteiger partial charge >= 0.3 is 0 Å². The van der Waals surface area contributed by atoms with E-state index in [1.54, 1.807) is 11.6 Å². The third-order valence-electron chi connectivity index (χ3n) is 6.63. The Hall–Kier alpha value is -3.06. The van der Waals surface area contributed by atoms with E-state index in [9.17, 15) is 10.1 Å². The Morgan fingerprint density at radius 3 is 2.24 bits per heavy atom. The number of hydrogen-bond acceptors (Lipinski definition) is 3. The molecule has 1 saturated heterocycles. The third kappa shape index (κ3) is 3.11. The standard InChI is InChI=1S/C25H25N3O/c1-27-23-8-3-2-7-21(23)24(22(16-26)25(27)29)28-13-11-18(12-14-28)20-6-4-5-19(15-20)17-9-10-17/h2-8,15,17-18H,9-14H2,1H3. The zero-order chi connectivity index (χ0) is 20.0. The van der Waals surface area contributed by atoms with Crippen molar-refractivity contribution in [2.75, 3.05) is 18.0 Å². The van der Waals surface area contributed by atoms with Gasteiger partial charge in [0.25, 0.3) is 5.56 Å². The number of nitriles is 1. The summed E-state index contributed by atoms with van der Waals surface area (Å²) in [7, 11) is 1.74. The highest BCUT2D eigenvalue weighted by atomic mass is 16.1. The van der Waals surface area contributed by atoms with Crippen LogP contribution < -0.4 is 10.5 Å². The molecule has 2 aliphatic rings. The van der Waals surface area contributed by atoms with E-state index in [0.717, 1.165) is 48.4 Å². The van der Waals surface area contributed by atoms with Crippen molar-refractivity contribution in [3.63, 3.8) is 0 Å². The van der Waals surface area contributed by atoms with Gasteiger partial charge in [0.15, 0.2) is 0 Å². The first-order chi connectivity index (χ1) is 14.2. The summed E-state index contributed by atoms with van der Waals surface area (Å²) in [5.41, 5.74) is 4.70. The van der Waals surface area contributed by atoms with Gasteiger partial charge < -0.3 is 9.47 Å². The van der Waals surface area contributed by atoms with E-state index in [4.69, 9.17) is 0 Å². The lowest BCUT2D eigenvalue weighted by atomic mass is 9.87. The van der Waals surface area contributed by atoms with E-state index in [2.05, 4.69) is 35.2 Å². The van der Waals surface area contributed by atoms with Gasteiger partial charge in [-0.3, -0.25) is 4.79 Å². The number of piperidine rings is 1. The van der Waals surface area contributed by atoms with E-state index in [0.29, 0.717) is 5.92 Å². The van der Waals surface area contributed by atoms with E-state index in [1.807, 2.05) is 24.3 Å². The van der Waals surface area contributed by atoms with Gasteiger partial charge in [-0.1, -0.05) is 42.5 Å². The fraction of sp³-hybridized carbons (Fsp3) is 0.360. The molecule has 0 atom stereocenters. The Morgan fingerprint density at radius 1 is 0.931 bits per heavy atom. The summed E-state index contributed by atoms with van der Waals surface area (Å²) in [6.07, 6.45) is 4.74. The molecule has 0 N–H and O–H groups in total. The van der Waals surface area contributed by atoms with Crippen molar-refractivity contribution in [3.05, 3.63) is 75.6 Å². The molecule has 2 heterocycles. The fourth-order valence-corrected chi connectivity index (χ4v) is 4.83. The second-order valence-electron chi connectivity index (χ2n) is 8.42. The zero-order valence-corrected chi connectivity index (χ0v) is 16.8. The number of anilines is 1. The molecule has 0 bridgehead atoms. The van der Waals surface area contributed by atoms with Gasteiger partial charge in [-0.15, -0.1) is 0 Å². The molecule has 4 nitrogen and oxygen atoms in total. The summed E-state index contributed by atoms with van der Waals surface area (Å²) in [5, 5.41) is 10.7. The first-order valence-corrected chi connectivity index (χ1v) is 10.5. The van der Waals surface area contributed by atoms with Crippen molar-refractivity contribution >= 4 is 16.6 Å². The minimum atomic E-state index is -0.208. The highest BCUT2D eigenvalue weighted by Crippen LogP contribution is 2.42. The topological polar surface area (TPSA) is 49.0 Å². The van der Waals surface area contributed by atoms with Gasteiger partial charge in [0.05, 0.1) is 11.2 Å². The lowest BCUT2D eigenvalue weighted by Crippen LogP contribution is -2.35. The highest BCUT2D eigenvalue weighted by molar-refractivity contribution is 5.94. The van der Waals surface area contributed by atoms with Crippen molar-refractivity contribution < 1.29 is 0 Å². The number of fused-ring (bicyclic) bond motifs is 1. The Balaban J connectivity index is 1.46. The van der Waals surface area contributed by atoms with Crippen LogP contribution in [-0.2, 0) is 7.05 Å². The number of rotatable bonds is 3. The molecule has 1 saturated carbocycles. The van der Waals surface area contributed by atoms with Crippen LogP contribution in [0.2, 0.25) is 0 Å². The second kappa shape index (κ2) is 7.08. The van der Waals surface area contributed by atoms with Gasteiger partial charge in [-0.25, -0.2) is 0 Å². The number of nitrogens with zero attached hydrogens (tertiary/aromatic N) is 3. The van der Waals surface area contributed by atoms with Gasteiger partial charge in [-0.2, -0.15) is 5.26 Å². The number of para-hydroxylation sites is 1. The maximum Gasteiger partial charge on any atom is 0.270 e. The summed E-state index contributed by atoms with van der Waals surface area (Å²) >= 11 is 0. The van der Waals surface area contributed by atoms with Crippen LogP contribution in [0.3, 0.4) is 0 Å². The molecular weight excluding hydrogens is 358 g/mol. The Morgan fingerprint density at radius 2 is 1.59 bits per heavy atom. The maximum atomic E-state index is 12.8. The van der Waals surface area contributed by atoms with Crippen molar-refractivity contribution in [2.45, 2.75) is 37.5 Å². The normalized spacial score (nSPS) is 17.4. The molecule has 1 aliphatic heterocycles. The van der Waals surface area contributed by atoms with Gasteiger partial charge in [0, 0.05) is 25.5 Å². The fourth-order valence-electron chi connectivity index (χ4n) is 4.83. The summed E-state index contributed by atoms with van der Waals surface area (Å²) < 4.78 is 1.59. The molecule has 146 valence electrons. The maximum absolute atomic E-state index is 12.8. The number of pyridine rings is 1. The smallest absolute Gasteiger partial charge is 0.270 e. The van der Waals surface area contributed by atoms with Crippen LogP contribution in [0.4, 0.5) is 5.69 Å². The predicted octanol–water partition coefficient (Wildman–Crippen LogP) is 4.67. The molecule has 29 heavy (non-hydrogen) atoms. The van der Waals surface area contributed by atoms with Crippen LogP contribution >= 0.6 is 0 Å². The average Bonchev–Trinajstić information content (AvgIpc) is 3.62. The first-order valence-electron chi connectivity index (χ1n) is 10.5. The average molecular weight is 383 g/mol. The molecule has 2 aromatic carbocycles. The molecule has 0 spiro atoms. The summed E-state index contributed by atoms with van der Waals surface area (Å²) in [6.45, 7) is 1.73. The number of aryl methyl sites for hydroxylation is 1. The highest BCUT2D eigenvalue weighted by Gasteiger charge is 2.27. The molecule has 0 unspecified atom stereocenters. The molecule has 2 fully saturated rings. The van der Waals surface area contributed by atoms with Crippen molar-refractivity contribution in [2.24, 2.45) is 7.05 Å². The van der Waals surface area contributed by atoms with E-state index in [-0.39, 0.29) is 11.1 Å². The molecule has 0 radical (unpaired) electrons. The molecule has 1 aliphatic carbocycles. The lowest BCUT2D eigenvalue weighted by molar-refractivity contribution is 0.505. The van der Waals surface area contributed by atoms with Crippen LogP contribution in [0.15, 0.2) is 53.3 Å². The lowest BCUT2D eigenvalue weighted by Gasteiger charge is -2.35. The van der Waals surface area contributed by atoms with Crippen molar-refractivity contribution in [1.29, 1.82) is 5.26 Å². The molecule has 1 aromatic heterocycles. The van der Waals surface area contributed by atoms with Crippen LogP contribution in [0.5, 0.6) is 0 Å². The Bertz CT molecular complexity index is 1170. The van der Waals surface area contributed by atoms with Gasteiger partial charge in [0.1, 0.15) is 11.6 Å². The van der Waals surface area contributed by atoms with E-state index in [1.165, 1.54) is 24.0 Å². The van der Waals surface area contributed by atoms with E-state index < -0.39 is 0 Å². The SMILES string of the molecule is Cn1c(=O)c(C#N)c(N2CCC(c3cccc(C4CC4)c3)CC2)c2ccccc21. The second-order valence-corrected chi connectivity index (χ2v) is 8.42.